The van der Waals surface area contributed by atoms with E-state index in [0.717, 1.165) is 16.9 Å². The summed E-state index contributed by atoms with van der Waals surface area (Å²) in [5.74, 6) is -0.358. The molecule has 0 aliphatic rings. The van der Waals surface area contributed by atoms with Gasteiger partial charge in [-0.05, 0) is 49.1 Å². The van der Waals surface area contributed by atoms with Gasteiger partial charge in [0, 0.05) is 11.6 Å². The van der Waals surface area contributed by atoms with Crippen molar-refractivity contribution in [2.75, 3.05) is 12.8 Å². The second-order valence-corrected chi connectivity index (χ2v) is 6.44. The Hall–Kier alpha value is -2.75. The van der Waals surface area contributed by atoms with Crippen LogP contribution in [0.2, 0.25) is 0 Å². The van der Waals surface area contributed by atoms with Crippen molar-refractivity contribution in [3.63, 3.8) is 0 Å². The summed E-state index contributed by atoms with van der Waals surface area (Å²) >= 11 is 0. The van der Waals surface area contributed by atoms with Gasteiger partial charge in [0.2, 0.25) is 0 Å². The van der Waals surface area contributed by atoms with Crippen LogP contribution in [0.15, 0.2) is 61.2 Å². The fourth-order valence-corrected chi connectivity index (χ4v) is 3.17. The van der Waals surface area contributed by atoms with E-state index in [1.54, 1.807) is 20.1 Å². The molecule has 2 atom stereocenters. The maximum atomic E-state index is 12.1. The van der Waals surface area contributed by atoms with E-state index in [1.807, 2.05) is 48.5 Å². The van der Waals surface area contributed by atoms with Gasteiger partial charge in [-0.15, -0.1) is 6.58 Å². The molecular weight excluding hydrogens is 314 g/mol. The van der Waals surface area contributed by atoms with E-state index in [-0.39, 0.29) is 5.92 Å². The SMILES string of the molecule is C=CCC(C)(C(=O)O)C(Cc1ccccc1N)c1ccc(OC)cc1. The molecule has 0 spiro atoms. The number of anilines is 1. The molecule has 4 nitrogen and oxygen atoms in total. The molecule has 0 bridgehead atoms. The second-order valence-electron chi connectivity index (χ2n) is 6.44. The fourth-order valence-electron chi connectivity index (χ4n) is 3.17. The minimum atomic E-state index is -0.987. The zero-order valence-electron chi connectivity index (χ0n) is 14.7. The smallest absolute Gasteiger partial charge is 0.310 e. The van der Waals surface area contributed by atoms with E-state index in [0.29, 0.717) is 18.5 Å². The van der Waals surface area contributed by atoms with Crippen molar-refractivity contribution in [2.45, 2.75) is 25.7 Å². The summed E-state index contributed by atoms with van der Waals surface area (Å²) in [6.45, 7) is 5.52. The zero-order chi connectivity index (χ0) is 18.4. The summed E-state index contributed by atoms with van der Waals surface area (Å²) in [7, 11) is 1.61. The van der Waals surface area contributed by atoms with E-state index in [1.165, 1.54) is 0 Å². The lowest BCUT2D eigenvalue weighted by molar-refractivity contribution is -0.149. The first-order valence-electron chi connectivity index (χ1n) is 8.24. The lowest BCUT2D eigenvalue weighted by atomic mass is 9.68. The molecule has 0 aliphatic carbocycles. The molecule has 0 heterocycles. The van der Waals surface area contributed by atoms with Crippen LogP contribution in [0.5, 0.6) is 5.75 Å². The van der Waals surface area contributed by atoms with Gasteiger partial charge in [-0.25, -0.2) is 0 Å². The van der Waals surface area contributed by atoms with Crippen LogP contribution in [0.4, 0.5) is 5.69 Å². The summed E-state index contributed by atoms with van der Waals surface area (Å²) in [6.07, 6.45) is 2.57. The first-order valence-corrected chi connectivity index (χ1v) is 8.24. The number of aliphatic carboxylic acids is 1. The third kappa shape index (κ3) is 4.02. The van der Waals surface area contributed by atoms with Crippen molar-refractivity contribution in [1.82, 2.24) is 0 Å². The number of allylic oxidation sites excluding steroid dienone is 1. The van der Waals surface area contributed by atoms with Crippen LogP contribution in [-0.2, 0) is 11.2 Å². The number of carbonyl (C=O) groups is 1. The molecule has 0 saturated carbocycles. The lowest BCUT2D eigenvalue weighted by Crippen LogP contribution is -2.35. The number of hydrogen-bond acceptors (Lipinski definition) is 3. The molecule has 132 valence electrons. The number of carboxylic acid groups (broad SMARTS) is 1. The Labute approximate surface area is 148 Å². The molecule has 0 saturated heterocycles. The Kier molecular flexibility index (Phi) is 5.86. The van der Waals surface area contributed by atoms with Gasteiger partial charge in [-0.3, -0.25) is 4.79 Å². The van der Waals surface area contributed by atoms with Crippen LogP contribution in [-0.4, -0.2) is 18.2 Å². The Morgan fingerprint density at radius 3 is 2.44 bits per heavy atom. The minimum absolute atomic E-state index is 0.251. The molecule has 25 heavy (non-hydrogen) atoms. The van der Waals surface area contributed by atoms with Gasteiger partial charge < -0.3 is 15.6 Å². The monoisotopic (exact) mass is 339 g/mol. The second kappa shape index (κ2) is 7.88. The Balaban J connectivity index is 2.51. The van der Waals surface area contributed by atoms with Crippen molar-refractivity contribution in [3.8, 4) is 5.75 Å². The summed E-state index contributed by atoms with van der Waals surface area (Å²) in [5.41, 5.74) is 7.67. The molecule has 2 aromatic rings. The summed E-state index contributed by atoms with van der Waals surface area (Å²) in [5, 5.41) is 9.94. The van der Waals surface area contributed by atoms with E-state index >= 15 is 0 Å². The molecular formula is C21H25NO3. The highest BCUT2D eigenvalue weighted by atomic mass is 16.5. The molecule has 2 unspecified atom stereocenters. The van der Waals surface area contributed by atoms with Crippen molar-refractivity contribution >= 4 is 11.7 Å². The van der Waals surface area contributed by atoms with Crippen molar-refractivity contribution in [1.29, 1.82) is 0 Å². The third-order valence-corrected chi connectivity index (χ3v) is 4.82. The maximum Gasteiger partial charge on any atom is 0.310 e. The summed E-state index contributed by atoms with van der Waals surface area (Å²) < 4.78 is 5.21. The first kappa shape index (κ1) is 18.6. The number of hydrogen-bond donors (Lipinski definition) is 2. The predicted molar refractivity (Wildman–Crippen MR) is 101 cm³/mol. The highest BCUT2D eigenvalue weighted by Gasteiger charge is 2.41. The Morgan fingerprint density at radius 2 is 1.92 bits per heavy atom. The van der Waals surface area contributed by atoms with Gasteiger partial charge in [-0.2, -0.15) is 0 Å². The van der Waals surface area contributed by atoms with Gasteiger partial charge in [0.25, 0.3) is 0 Å². The topological polar surface area (TPSA) is 72.5 Å². The summed E-state index contributed by atoms with van der Waals surface area (Å²) in [6, 6.07) is 15.1. The molecule has 2 rings (SSSR count). The average molecular weight is 339 g/mol. The fraction of sp³-hybridized carbons (Fsp3) is 0.286. The van der Waals surface area contributed by atoms with E-state index in [9.17, 15) is 9.90 Å². The van der Waals surface area contributed by atoms with Crippen molar-refractivity contribution in [2.24, 2.45) is 5.41 Å². The van der Waals surface area contributed by atoms with E-state index in [4.69, 9.17) is 10.5 Å². The van der Waals surface area contributed by atoms with Gasteiger partial charge in [0.15, 0.2) is 0 Å². The molecule has 2 aromatic carbocycles. The van der Waals surface area contributed by atoms with Gasteiger partial charge >= 0.3 is 5.97 Å². The highest BCUT2D eigenvalue weighted by Crippen LogP contribution is 2.42. The van der Waals surface area contributed by atoms with Gasteiger partial charge in [0.05, 0.1) is 12.5 Å². The molecule has 3 N–H and O–H groups in total. The molecule has 0 fully saturated rings. The number of para-hydroxylation sites is 1. The number of nitrogens with two attached hydrogens (primary N) is 1. The van der Waals surface area contributed by atoms with Gasteiger partial charge in [0.1, 0.15) is 5.75 Å². The normalized spacial score (nSPS) is 14.3. The average Bonchev–Trinajstić information content (AvgIpc) is 2.61. The zero-order valence-corrected chi connectivity index (χ0v) is 14.7. The standard InChI is InChI=1S/C21H25NO3/c1-4-13-21(2,20(23)24)18(14-16-7-5-6-8-19(16)22)15-9-11-17(25-3)12-10-15/h4-12,18H,1,13-14,22H2,2-3H3,(H,23,24). The van der Waals surface area contributed by atoms with Crippen molar-refractivity contribution < 1.29 is 14.6 Å². The first-order chi connectivity index (χ1) is 11.9. The molecule has 0 radical (unpaired) electrons. The quantitative estimate of drug-likeness (QED) is 0.556. The number of carboxylic acids is 1. The van der Waals surface area contributed by atoms with Gasteiger partial charge in [-0.1, -0.05) is 36.4 Å². The Morgan fingerprint density at radius 1 is 1.28 bits per heavy atom. The van der Waals surface area contributed by atoms with Crippen LogP contribution in [0.1, 0.15) is 30.4 Å². The van der Waals surface area contributed by atoms with E-state index in [2.05, 4.69) is 6.58 Å². The molecule has 0 aromatic heterocycles. The Bertz CT molecular complexity index is 739. The van der Waals surface area contributed by atoms with E-state index < -0.39 is 11.4 Å². The summed E-state index contributed by atoms with van der Waals surface area (Å²) in [4.78, 5) is 12.1. The molecule has 4 heteroatoms. The minimum Gasteiger partial charge on any atom is -0.497 e. The number of methoxy groups -OCH3 is 1. The van der Waals surface area contributed by atoms with Crippen LogP contribution in [0.3, 0.4) is 0 Å². The van der Waals surface area contributed by atoms with Crippen LogP contribution in [0.25, 0.3) is 0 Å². The lowest BCUT2D eigenvalue weighted by Gasteiger charge is -2.34. The number of nitrogen functional groups attached to an aromatic ring is 1. The molecule has 0 aliphatic heterocycles. The van der Waals surface area contributed by atoms with Crippen molar-refractivity contribution in [3.05, 3.63) is 72.3 Å². The maximum absolute atomic E-state index is 12.1. The predicted octanol–water partition coefficient (Wildman–Crippen LogP) is 4.27. The number of ether oxygens (including phenoxy) is 1. The van der Waals surface area contributed by atoms with Crippen LogP contribution >= 0.6 is 0 Å². The molecule has 0 amide bonds. The highest BCUT2D eigenvalue weighted by molar-refractivity contribution is 5.76. The van der Waals surface area contributed by atoms with Crippen LogP contribution in [0, 0.1) is 5.41 Å². The van der Waals surface area contributed by atoms with Crippen LogP contribution < -0.4 is 10.5 Å². The third-order valence-electron chi connectivity index (χ3n) is 4.82. The number of benzene rings is 2. The number of rotatable bonds is 8. The largest absolute Gasteiger partial charge is 0.497 e.